The summed E-state index contributed by atoms with van der Waals surface area (Å²) in [6.45, 7) is 1.75. The van der Waals surface area contributed by atoms with E-state index in [2.05, 4.69) is 6.07 Å². The Kier molecular flexibility index (Phi) is 7.02. The predicted octanol–water partition coefficient (Wildman–Crippen LogP) is 4.65. The number of benzene rings is 3. The Morgan fingerprint density at radius 2 is 1.71 bits per heavy atom. The number of nitriles is 1. The zero-order valence-electron chi connectivity index (χ0n) is 17.3. The Hall–Kier alpha value is -4.11. The predicted molar refractivity (Wildman–Crippen MR) is 114 cm³/mol. The van der Waals surface area contributed by atoms with Gasteiger partial charge in [0.2, 0.25) is 0 Å². The molecule has 0 bridgehead atoms. The quantitative estimate of drug-likeness (QED) is 0.522. The maximum atomic E-state index is 12.2. The normalized spacial score (nSPS) is 10.1. The van der Waals surface area contributed by atoms with Crippen LogP contribution in [0, 0.1) is 11.3 Å². The van der Waals surface area contributed by atoms with Crippen molar-refractivity contribution in [2.45, 2.75) is 20.1 Å². The molecule has 0 atom stereocenters. The van der Waals surface area contributed by atoms with E-state index >= 15 is 0 Å². The van der Waals surface area contributed by atoms with E-state index in [1.807, 2.05) is 24.3 Å². The van der Waals surface area contributed by atoms with Crippen LogP contribution >= 0.6 is 0 Å². The van der Waals surface area contributed by atoms with E-state index in [9.17, 15) is 14.9 Å². The average Bonchev–Trinajstić information content (AvgIpc) is 2.81. The van der Waals surface area contributed by atoms with Crippen molar-refractivity contribution in [2.24, 2.45) is 0 Å². The Morgan fingerprint density at radius 3 is 2.45 bits per heavy atom. The third kappa shape index (κ3) is 5.94. The van der Waals surface area contributed by atoms with Crippen LogP contribution in [0.15, 0.2) is 66.7 Å². The molecule has 156 valence electrons. The number of carbonyl (C=O) groups excluding carboxylic acids is 2. The van der Waals surface area contributed by atoms with Gasteiger partial charge in [-0.15, -0.1) is 0 Å². The first-order valence-electron chi connectivity index (χ1n) is 9.56. The minimum absolute atomic E-state index is 0.170. The number of ether oxygens (including phenoxy) is 3. The van der Waals surface area contributed by atoms with Crippen molar-refractivity contribution >= 4 is 11.9 Å². The largest absolute Gasteiger partial charge is 0.489 e. The van der Waals surface area contributed by atoms with Crippen LogP contribution in [0.2, 0.25) is 0 Å². The first-order chi connectivity index (χ1) is 15.0. The lowest BCUT2D eigenvalue weighted by Gasteiger charge is -2.12. The van der Waals surface area contributed by atoms with Gasteiger partial charge in [0.05, 0.1) is 24.3 Å². The zero-order valence-corrected chi connectivity index (χ0v) is 17.3. The number of carbonyl (C=O) groups is 2. The number of methoxy groups -OCH3 is 1. The summed E-state index contributed by atoms with van der Waals surface area (Å²) in [4.78, 5) is 23.2. The maximum Gasteiger partial charge on any atom is 0.337 e. The molecular weight excluding hydrogens is 394 g/mol. The van der Waals surface area contributed by atoms with E-state index in [1.54, 1.807) is 42.5 Å². The second-order valence-electron chi connectivity index (χ2n) is 6.82. The second kappa shape index (κ2) is 10.1. The Balaban J connectivity index is 1.85. The highest BCUT2D eigenvalue weighted by Gasteiger charge is 2.11. The van der Waals surface area contributed by atoms with Crippen LogP contribution in [0.4, 0.5) is 0 Å². The van der Waals surface area contributed by atoms with Gasteiger partial charge in [-0.2, -0.15) is 5.26 Å². The molecule has 0 heterocycles. The van der Waals surface area contributed by atoms with Gasteiger partial charge in [-0.25, -0.2) is 4.79 Å². The molecule has 0 saturated heterocycles. The van der Waals surface area contributed by atoms with E-state index in [1.165, 1.54) is 14.0 Å². The molecule has 3 aromatic rings. The highest BCUT2D eigenvalue weighted by atomic mass is 16.5. The van der Waals surface area contributed by atoms with Crippen LogP contribution in [0.3, 0.4) is 0 Å². The van der Waals surface area contributed by atoms with Gasteiger partial charge in [0.25, 0.3) is 0 Å². The molecule has 3 rings (SSSR count). The Morgan fingerprint density at radius 1 is 0.903 bits per heavy atom. The summed E-state index contributed by atoms with van der Waals surface area (Å²) in [5.41, 5.74) is 4.10. The molecule has 3 aromatic carbocycles. The van der Waals surface area contributed by atoms with Crippen LogP contribution in [0.25, 0.3) is 11.1 Å². The summed E-state index contributed by atoms with van der Waals surface area (Å²) >= 11 is 0. The number of hydrogen-bond donors (Lipinski definition) is 0. The number of hydrogen-bond acceptors (Lipinski definition) is 6. The van der Waals surface area contributed by atoms with E-state index in [-0.39, 0.29) is 19.2 Å². The van der Waals surface area contributed by atoms with Gasteiger partial charge in [0.1, 0.15) is 19.0 Å². The third-order valence-corrected chi connectivity index (χ3v) is 4.48. The van der Waals surface area contributed by atoms with E-state index in [0.29, 0.717) is 16.9 Å². The molecule has 0 amide bonds. The third-order valence-electron chi connectivity index (χ3n) is 4.48. The maximum absolute atomic E-state index is 12.2. The summed E-state index contributed by atoms with van der Waals surface area (Å²) in [6.07, 6.45) is 0. The van der Waals surface area contributed by atoms with Crippen LogP contribution in [-0.2, 0) is 27.5 Å². The molecule has 6 nitrogen and oxygen atoms in total. The number of esters is 2. The first kappa shape index (κ1) is 21.6. The molecule has 0 N–H and O–H groups in total. The van der Waals surface area contributed by atoms with Crippen LogP contribution in [0.5, 0.6) is 5.75 Å². The minimum Gasteiger partial charge on any atom is -0.489 e. The molecule has 0 aliphatic carbocycles. The van der Waals surface area contributed by atoms with Crippen molar-refractivity contribution in [1.82, 2.24) is 0 Å². The molecular formula is C25H21NO5. The Bertz CT molecular complexity index is 1150. The molecule has 0 aliphatic heterocycles. The van der Waals surface area contributed by atoms with Crippen molar-refractivity contribution in [3.8, 4) is 22.9 Å². The molecule has 0 radical (unpaired) electrons. The van der Waals surface area contributed by atoms with Gasteiger partial charge in [0.15, 0.2) is 0 Å². The summed E-state index contributed by atoms with van der Waals surface area (Å²) in [5.74, 6) is -0.192. The fourth-order valence-corrected chi connectivity index (χ4v) is 3.02. The summed E-state index contributed by atoms with van der Waals surface area (Å²) in [5, 5.41) is 9.17. The summed E-state index contributed by atoms with van der Waals surface area (Å²) < 4.78 is 15.8. The fraction of sp³-hybridized carbons (Fsp3) is 0.160. The Labute approximate surface area is 180 Å². The van der Waals surface area contributed by atoms with Gasteiger partial charge in [-0.1, -0.05) is 24.3 Å². The molecule has 6 heteroatoms. The SMILES string of the molecule is COC(=O)c1cc(COc2cccc(COC(C)=O)c2)cc(-c2cccc(C#N)c2)c1. The van der Waals surface area contributed by atoms with Crippen LogP contribution in [0.1, 0.15) is 34.0 Å². The topological polar surface area (TPSA) is 85.6 Å². The minimum atomic E-state index is -0.456. The van der Waals surface area contributed by atoms with Gasteiger partial charge in [-0.05, 0) is 64.7 Å². The molecule has 31 heavy (non-hydrogen) atoms. The molecule has 0 fully saturated rings. The number of rotatable bonds is 7. The fourth-order valence-electron chi connectivity index (χ4n) is 3.02. The van der Waals surface area contributed by atoms with Crippen molar-refractivity contribution < 1.29 is 23.8 Å². The summed E-state index contributed by atoms with van der Waals surface area (Å²) in [6, 6.07) is 21.9. The molecule has 0 saturated carbocycles. The smallest absolute Gasteiger partial charge is 0.337 e. The lowest BCUT2D eigenvalue weighted by atomic mass is 9.98. The van der Waals surface area contributed by atoms with Crippen molar-refractivity contribution in [1.29, 1.82) is 5.26 Å². The molecule has 0 aromatic heterocycles. The van der Waals surface area contributed by atoms with Gasteiger partial charge >= 0.3 is 11.9 Å². The van der Waals surface area contributed by atoms with Crippen LogP contribution in [-0.4, -0.2) is 19.0 Å². The monoisotopic (exact) mass is 415 g/mol. The standard InChI is InChI=1S/C25H21NO5/c1-17(27)30-15-19-6-4-8-24(12-19)31-16-20-10-22(13-23(11-20)25(28)29-2)21-7-3-5-18(9-21)14-26/h3-13H,15-16H2,1-2H3. The van der Waals surface area contributed by atoms with Crippen LogP contribution < -0.4 is 4.74 Å². The molecule has 0 unspecified atom stereocenters. The van der Waals surface area contributed by atoms with Gasteiger partial charge in [0, 0.05) is 6.92 Å². The van der Waals surface area contributed by atoms with Crippen molar-refractivity contribution in [2.75, 3.05) is 7.11 Å². The van der Waals surface area contributed by atoms with Gasteiger partial charge in [-0.3, -0.25) is 4.79 Å². The molecule has 0 spiro atoms. The van der Waals surface area contributed by atoms with E-state index < -0.39 is 5.97 Å². The number of nitrogens with zero attached hydrogens (tertiary/aromatic N) is 1. The summed E-state index contributed by atoms with van der Waals surface area (Å²) in [7, 11) is 1.33. The molecule has 0 aliphatic rings. The first-order valence-corrected chi connectivity index (χ1v) is 9.56. The highest BCUT2D eigenvalue weighted by molar-refractivity contribution is 5.91. The van der Waals surface area contributed by atoms with Crippen molar-refractivity contribution in [3.63, 3.8) is 0 Å². The van der Waals surface area contributed by atoms with E-state index in [0.717, 1.165) is 22.3 Å². The zero-order chi connectivity index (χ0) is 22.2. The average molecular weight is 415 g/mol. The van der Waals surface area contributed by atoms with E-state index in [4.69, 9.17) is 14.2 Å². The van der Waals surface area contributed by atoms with Gasteiger partial charge < -0.3 is 14.2 Å². The van der Waals surface area contributed by atoms with Crippen molar-refractivity contribution in [3.05, 3.63) is 89.0 Å². The lowest BCUT2D eigenvalue weighted by molar-refractivity contribution is -0.142. The second-order valence-corrected chi connectivity index (χ2v) is 6.82. The lowest BCUT2D eigenvalue weighted by Crippen LogP contribution is -2.04. The highest BCUT2D eigenvalue weighted by Crippen LogP contribution is 2.25.